The van der Waals surface area contributed by atoms with Gasteiger partial charge < -0.3 is 15.0 Å². The van der Waals surface area contributed by atoms with E-state index in [4.69, 9.17) is 4.74 Å². The highest BCUT2D eigenvalue weighted by Crippen LogP contribution is 2.08. The molecule has 1 N–H and O–H groups in total. The molecule has 1 atom stereocenters. The second-order valence-electron chi connectivity index (χ2n) is 3.46. The van der Waals surface area contributed by atoms with Crippen molar-refractivity contribution < 1.29 is 18.3 Å². The van der Waals surface area contributed by atoms with Crippen molar-refractivity contribution in [3.05, 3.63) is 0 Å². The molecule has 15 heavy (non-hydrogen) atoms. The van der Waals surface area contributed by atoms with E-state index in [0.29, 0.717) is 0 Å². The third-order valence-corrected chi connectivity index (χ3v) is 2.36. The number of amides is 1. The van der Waals surface area contributed by atoms with E-state index in [1.807, 2.05) is 0 Å². The lowest BCUT2D eigenvalue weighted by Gasteiger charge is -2.32. The zero-order valence-electron chi connectivity index (χ0n) is 8.71. The molecule has 4 nitrogen and oxygen atoms in total. The first-order chi connectivity index (χ1) is 7.15. The van der Waals surface area contributed by atoms with Crippen LogP contribution in [0, 0.1) is 0 Å². The molecular formula is C9H16F2N2O2. The van der Waals surface area contributed by atoms with Crippen LogP contribution in [0.3, 0.4) is 0 Å². The lowest BCUT2D eigenvalue weighted by atomic mass is 10.1. The molecule has 0 spiro atoms. The van der Waals surface area contributed by atoms with E-state index in [9.17, 15) is 13.6 Å². The number of carbonyl (C=O) groups excluding carboxylic acids is 1. The molecule has 1 heterocycles. The molecule has 0 aromatic heterocycles. The van der Waals surface area contributed by atoms with Gasteiger partial charge >= 0.3 is 0 Å². The van der Waals surface area contributed by atoms with Gasteiger partial charge in [-0.2, -0.15) is 0 Å². The van der Waals surface area contributed by atoms with Crippen molar-refractivity contribution in [1.29, 1.82) is 0 Å². The minimum Gasteiger partial charge on any atom is -0.383 e. The molecule has 1 fully saturated rings. The summed E-state index contributed by atoms with van der Waals surface area (Å²) in [5.74, 6) is -0.251. The van der Waals surface area contributed by atoms with Gasteiger partial charge in [0.2, 0.25) is 5.91 Å². The van der Waals surface area contributed by atoms with E-state index >= 15 is 0 Å². The Morgan fingerprint density at radius 1 is 1.67 bits per heavy atom. The largest absolute Gasteiger partial charge is 0.383 e. The Kier molecular flexibility index (Phi) is 4.90. The topological polar surface area (TPSA) is 41.6 Å². The minimum atomic E-state index is -2.49. The van der Waals surface area contributed by atoms with Crippen LogP contribution in [0.4, 0.5) is 8.78 Å². The molecule has 88 valence electrons. The molecule has 1 aliphatic heterocycles. The zero-order chi connectivity index (χ0) is 11.3. The highest BCUT2D eigenvalue weighted by atomic mass is 19.3. The summed E-state index contributed by atoms with van der Waals surface area (Å²) in [5, 5.41) is 2.90. The number of nitrogens with zero attached hydrogens (tertiary/aromatic N) is 1. The van der Waals surface area contributed by atoms with Gasteiger partial charge in [-0.25, -0.2) is 8.78 Å². The molecule has 0 aromatic carbocycles. The minimum absolute atomic E-state index is 0.220. The maximum atomic E-state index is 12.2. The maximum absolute atomic E-state index is 12.2. The van der Waals surface area contributed by atoms with Crippen molar-refractivity contribution in [1.82, 2.24) is 10.2 Å². The molecule has 0 unspecified atom stereocenters. The van der Waals surface area contributed by atoms with Crippen LogP contribution < -0.4 is 5.32 Å². The molecule has 1 amide bonds. The summed E-state index contributed by atoms with van der Waals surface area (Å²) in [7, 11) is 1.48. The molecular weight excluding hydrogens is 206 g/mol. The van der Waals surface area contributed by atoms with Gasteiger partial charge in [-0.3, -0.25) is 4.79 Å². The number of alkyl halides is 2. The van der Waals surface area contributed by atoms with Crippen LogP contribution in [-0.2, 0) is 9.53 Å². The number of hydrogen-bond donors (Lipinski definition) is 1. The third kappa shape index (κ3) is 3.71. The molecule has 1 aliphatic rings. The van der Waals surface area contributed by atoms with Crippen LogP contribution in [-0.4, -0.2) is 56.6 Å². The second-order valence-corrected chi connectivity index (χ2v) is 3.46. The quantitative estimate of drug-likeness (QED) is 0.692. The van der Waals surface area contributed by atoms with Gasteiger partial charge in [0.1, 0.15) is 0 Å². The van der Waals surface area contributed by atoms with Crippen molar-refractivity contribution in [2.45, 2.75) is 18.9 Å². The molecule has 1 saturated heterocycles. The zero-order valence-corrected chi connectivity index (χ0v) is 8.71. The molecule has 1 rings (SSSR count). The summed E-state index contributed by atoms with van der Waals surface area (Å²) >= 11 is 0. The molecule has 6 heteroatoms. The average molecular weight is 222 g/mol. The van der Waals surface area contributed by atoms with Crippen molar-refractivity contribution in [3.8, 4) is 0 Å². The van der Waals surface area contributed by atoms with Gasteiger partial charge in [-0.15, -0.1) is 0 Å². The number of rotatable bonds is 6. The Hall–Kier alpha value is -0.750. The van der Waals surface area contributed by atoms with E-state index in [-0.39, 0.29) is 25.1 Å². The van der Waals surface area contributed by atoms with E-state index in [0.717, 1.165) is 17.9 Å². The SMILES string of the molecule is COCCN(CC(F)F)C(=O)[C@H]1CCN1. The molecule has 0 saturated carbocycles. The lowest BCUT2D eigenvalue weighted by molar-refractivity contribution is -0.137. The Morgan fingerprint density at radius 3 is 2.73 bits per heavy atom. The summed E-state index contributed by atoms with van der Waals surface area (Å²) in [6.45, 7) is 0.770. The predicted molar refractivity (Wildman–Crippen MR) is 50.9 cm³/mol. The van der Waals surface area contributed by atoms with E-state index in [1.165, 1.54) is 7.11 Å². The van der Waals surface area contributed by atoms with Gasteiger partial charge in [0, 0.05) is 13.7 Å². The molecule has 0 bridgehead atoms. The summed E-state index contributed by atoms with van der Waals surface area (Å²) in [4.78, 5) is 12.8. The predicted octanol–water partition coefficient (Wildman–Crippen LogP) is 0.0884. The summed E-state index contributed by atoms with van der Waals surface area (Å²) in [6, 6.07) is -0.277. The van der Waals surface area contributed by atoms with Gasteiger partial charge in [-0.05, 0) is 13.0 Å². The first-order valence-corrected chi connectivity index (χ1v) is 4.94. The highest BCUT2D eigenvalue weighted by molar-refractivity contribution is 5.82. The van der Waals surface area contributed by atoms with Crippen LogP contribution in [0.2, 0.25) is 0 Å². The van der Waals surface area contributed by atoms with E-state index in [1.54, 1.807) is 0 Å². The van der Waals surface area contributed by atoms with Crippen LogP contribution in [0.5, 0.6) is 0 Å². The van der Waals surface area contributed by atoms with E-state index in [2.05, 4.69) is 5.32 Å². The number of halogens is 2. The molecule has 0 aliphatic carbocycles. The maximum Gasteiger partial charge on any atom is 0.255 e. The van der Waals surface area contributed by atoms with Crippen molar-refractivity contribution in [2.24, 2.45) is 0 Å². The van der Waals surface area contributed by atoms with Crippen molar-refractivity contribution in [2.75, 3.05) is 33.4 Å². The first-order valence-electron chi connectivity index (χ1n) is 4.94. The highest BCUT2D eigenvalue weighted by Gasteiger charge is 2.29. The lowest BCUT2D eigenvalue weighted by Crippen LogP contribution is -2.55. The first kappa shape index (κ1) is 12.3. The Bertz CT molecular complexity index is 210. The summed E-state index contributed by atoms with van der Waals surface area (Å²) < 4.78 is 29.2. The second kappa shape index (κ2) is 5.97. The standard InChI is InChI=1S/C9H16F2N2O2/c1-15-5-4-13(6-8(10)11)9(14)7-2-3-12-7/h7-8,12H,2-6H2,1H3/t7-/m1/s1. The van der Waals surface area contributed by atoms with Crippen LogP contribution in [0.1, 0.15) is 6.42 Å². The number of carbonyl (C=O) groups is 1. The summed E-state index contributed by atoms with van der Waals surface area (Å²) in [5.41, 5.74) is 0. The molecule has 0 radical (unpaired) electrons. The van der Waals surface area contributed by atoms with E-state index < -0.39 is 13.0 Å². The van der Waals surface area contributed by atoms with Crippen LogP contribution in [0.25, 0.3) is 0 Å². The Balaban J connectivity index is 2.41. The number of methoxy groups -OCH3 is 1. The third-order valence-electron chi connectivity index (χ3n) is 2.36. The van der Waals surface area contributed by atoms with Gasteiger partial charge in [0.15, 0.2) is 0 Å². The van der Waals surface area contributed by atoms with Crippen molar-refractivity contribution in [3.63, 3.8) is 0 Å². The monoisotopic (exact) mass is 222 g/mol. The van der Waals surface area contributed by atoms with Gasteiger partial charge in [-0.1, -0.05) is 0 Å². The number of hydrogen-bond acceptors (Lipinski definition) is 3. The normalized spacial score (nSPS) is 20.1. The van der Waals surface area contributed by atoms with Crippen molar-refractivity contribution >= 4 is 5.91 Å². The fourth-order valence-corrected chi connectivity index (χ4v) is 1.38. The molecule has 0 aromatic rings. The number of ether oxygens (including phenoxy) is 1. The number of nitrogens with one attached hydrogen (secondary N) is 1. The fraction of sp³-hybridized carbons (Fsp3) is 0.889. The van der Waals surface area contributed by atoms with Gasteiger partial charge in [0.25, 0.3) is 6.43 Å². The van der Waals surface area contributed by atoms with Gasteiger partial charge in [0.05, 0.1) is 19.2 Å². The van der Waals surface area contributed by atoms with Crippen LogP contribution >= 0.6 is 0 Å². The Morgan fingerprint density at radius 2 is 2.33 bits per heavy atom. The Labute approximate surface area is 87.6 Å². The summed E-state index contributed by atoms with van der Waals surface area (Å²) in [6.07, 6.45) is -1.77. The average Bonchev–Trinajstić information content (AvgIpc) is 2.08. The fourth-order valence-electron chi connectivity index (χ4n) is 1.38. The smallest absolute Gasteiger partial charge is 0.255 e. The van der Waals surface area contributed by atoms with Crippen LogP contribution in [0.15, 0.2) is 0 Å².